The maximum absolute atomic E-state index is 4.44. The van der Waals surface area contributed by atoms with Gasteiger partial charge in [-0.25, -0.2) is 4.98 Å². The molecule has 0 bridgehead atoms. The van der Waals surface area contributed by atoms with Gasteiger partial charge in [0.25, 0.3) is 0 Å². The molecule has 3 aromatic rings. The van der Waals surface area contributed by atoms with Gasteiger partial charge in [-0.15, -0.1) is 0 Å². The second kappa shape index (κ2) is 6.84. The first-order valence-corrected chi connectivity index (χ1v) is 7.40. The number of nitrogens with zero attached hydrogens (tertiary/aromatic N) is 2. The van der Waals surface area contributed by atoms with Crippen molar-refractivity contribution in [3.05, 3.63) is 66.6 Å². The third-order valence-corrected chi connectivity index (χ3v) is 3.58. The summed E-state index contributed by atoms with van der Waals surface area (Å²) < 4.78 is 0. The number of unbranched alkanes of at least 4 members (excludes halogenated alkanes) is 1. The zero-order valence-corrected chi connectivity index (χ0v) is 12.0. The standard InChI is InChI=1S/C18H19N3/c1-2-9-17-16(8-1)10-13-21-18(17)20-12-4-3-6-15-7-5-11-19-14-15/h1-2,5,7-11,13-14H,3-4,6,12H2,(H,20,21). The maximum Gasteiger partial charge on any atom is 0.133 e. The zero-order valence-electron chi connectivity index (χ0n) is 12.0. The molecule has 0 saturated carbocycles. The number of hydrogen-bond acceptors (Lipinski definition) is 3. The largest absolute Gasteiger partial charge is 0.370 e. The van der Waals surface area contributed by atoms with Crippen LogP contribution in [0.3, 0.4) is 0 Å². The molecule has 0 unspecified atom stereocenters. The Hall–Kier alpha value is -2.42. The SMILES string of the molecule is c1cncc(CCCCNc2nccc3ccccc23)c1. The highest BCUT2D eigenvalue weighted by Gasteiger charge is 2.00. The second-order valence-corrected chi connectivity index (χ2v) is 5.13. The van der Waals surface area contributed by atoms with Crippen LogP contribution in [-0.4, -0.2) is 16.5 Å². The summed E-state index contributed by atoms with van der Waals surface area (Å²) in [5.74, 6) is 0.981. The number of pyridine rings is 2. The molecule has 106 valence electrons. The molecule has 0 amide bonds. The first kappa shape index (κ1) is 13.6. The average Bonchev–Trinajstić information content (AvgIpc) is 2.56. The Bertz CT molecular complexity index is 690. The van der Waals surface area contributed by atoms with E-state index >= 15 is 0 Å². The molecule has 2 aromatic heterocycles. The van der Waals surface area contributed by atoms with Gasteiger partial charge in [0, 0.05) is 30.5 Å². The van der Waals surface area contributed by atoms with Crippen LogP contribution >= 0.6 is 0 Å². The minimum Gasteiger partial charge on any atom is -0.370 e. The molecule has 0 spiro atoms. The fraction of sp³-hybridized carbons (Fsp3) is 0.222. The summed E-state index contributed by atoms with van der Waals surface area (Å²) in [6, 6.07) is 14.5. The minimum atomic E-state index is 0.946. The maximum atomic E-state index is 4.44. The molecular formula is C18H19N3. The van der Waals surface area contributed by atoms with E-state index in [0.717, 1.165) is 31.6 Å². The van der Waals surface area contributed by atoms with Crippen molar-refractivity contribution in [3.8, 4) is 0 Å². The lowest BCUT2D eigenvalue weighted by atomic mass is 10.1. The van der Waals surface area contributed by atoms with Crippen molar-refractivity contribution in [1.82, 2.24) is 9.97 Å². The molecule has 0 aliphatic rings. The van der Waals surface area contributed by atoms with Crippen molar-refractivity contribution in [3.63, 3.8) is 0 Å². The first-order valence-electron chi connectivity index (χ1n) is 7.40. The highest BCUT2D eigenvalue weighted by Crippen LogP contribution is 2.20. The van der Waals surface area contributed by atoms with Gasteiger partial charge in [0.2, 0.25) is 0 Å². The van der Waals surface area contributed by atoms with Gasteiger partial charge in [0.05, 0.1) is 0 Å². The van der Waals surface area contributed by atoms with E-state index in [1.54, 1.807) is 0 Å². The van der Waals surface area contributed by atoms with Gasteiger partial charge < -0.3 is 5.32 Å². The molecule has 0 fully saturated rings. The van der Waals surface area contributed by atoms with Crippen LogP contribution in [0.5, 0.6) is 0 Å². The normalized spacial score (nSPS) is 10.7. The fourth-order valence-corrected chi connectivity index (χ4v) is 2.47. The highest BCUT2D eigenvalue weighted by molar-refractivity contribution is 5.91. The molecule has 1 N–H and O–H groups in total. The predicted molar refractivity (Wildman–Crippen MR) is 87.4 cm³/mol. The molecule has 3 heteroatoms. The molecule has 3 rings (SSSR count). The van der Waals surface area contributed by atoms with E-state index in [0.29, 0.717) is 0 Å². The van der Waals surface area contributed by atoms with Crippen molar-refractivity contribution >= 4 is 16.6 Å². The van der Waals surface area contributed by atoms with Crippen molar-refractivity contribution < 1.29 is 0 Å². The Morgan fingerprint density at radius 2 is 1.86 bits per heavy atom. The summed E-state index contributed by atoms with van der Waals surface area (Å²) in [7, 11) is 0. The summed E-state index contributed by atoms with van der Waals surface area (Å²) >= 11 is 0. The van der Waals surface area contributed by atoms with E-state index in [9.17, 15) is 0 Å². The van der Waals surface area contributed by atoms with Crippen molar-refractivity contribution in [2.75, 3.05) is 11.9 Å². The number of rotatable bonds is 6. The Labute approximate surface area is 125 Å². The lowest BCUT2D eigenvalue weighted by Gasteiger charge is -2.08. The molecule has 3 nitrogen and oxygen atoms in total. The number of hydrogen-bond donors (Lipinski definition) is 1. The quantitative estimate of drug-likeness (QED) is 0.690. The van der Waals surface area contributed by atoms with Crippen molar-refractivity contribution in [1.29, 1.82) is 0 Å². The van der Waals surface area contributed by atoms with Crippen LogP contribution in [0.25, 0.3) is 10.8 Å². The van der Waals surface area contributed by atoms with Crippen molar-refractivity contribution in [2.45, 2.75) is 19.3 Å². The minimum absolute atomic E-state index is 0.946. The third-order valence-electron chi connectivity index (χ3n) is 3.58. The van der Waals surface area contributed by atoms with Gasteiger partial charge in [-0.05, 0) is 42.3 Å². The fourth-order valence-electron chi connectivity index (χ4n) is 2.47. The Morgan fingerprint density at radius 1 is 0.905 bits per heavy atom. The molecule has 21 heavy (non-hydrogen) atoms. The monoisotopic (exact) mass is 277 g/mol. The second-order valence-electron chi connectivity index (χ2n) is 5.13. The molecule has 0 saturated heterocycles. The molecule has 1 aromatic carbocycles. The van der Waals surface area contributed by atoms with Crippen LogP contribution in [-0.2, 0) is 6.42 Å². The van der Waals surface area contributed by atoms with Crippen LogP contribution in [0, 0.1) is 0 Å². The molecule has 0 radical (unpaired) electrons. The number of fused-ring (bicyclic) bond motifs is 1. The lowest BCUT2D eigenvalue weighted by Crippen LogP contribution is -2.04. The van der Waals surface area contributed by atoms with E-state index in [-0.39, 0.29) is 0 Å². The van der Waals surface area contributed by atoms with Crippen LogP contribution in [0.4, 0.5) is 5.82 Å². The lowest BCUT2D eigenvalue weighted by molar-refractivity contribution is 0.760. The van der Waals surface area contributed by atoms with E-state index in [2.05, 4.69) is 45.6 Å². The molecule has 0 aliphatic carbocycles. The van der Waals surface area contributed by atoms with E-state index in [1.807, 2.05) is 30.7 Å². The first-order chi connectivity index (χ1) is 10.4. The number of aromatic nitrogens is 2. The van der Waals surface area contributed by atoms with Crippen LogP contribution < -0.4 is 5.32 Å². The van der Waals surface area contributed by atoms with E-state index in [1.165, 1.54) is 16.3 Å². The van der Waals surface area contributed by atoms with Crippen LogP contribution in [0.2, 0.25) is 0 Å². The molecular weight excluding hydrogens is 258 g/mol. The average molecular weight is 277 g/mol. The number of nitrogens with one attached hydrogen (secondary N) is 1. The summed E-state index contributed by atoms with van der Waals surface area (Å²) in [6.07, 6.45) is 8.99. The van der Waals surface area contributed by atoms with Gasteiger partial charge >= 0.3 is 0 Å². The zero-order chi connectivity index (χ0) is 14.3. The van der Waals surface area contributed by atoms with Gasteiger partial charge in [-0.3, -0.25) is 4.98 Å². The van der Waals surface area contributed by atoms with Crippen LogP contribution in [0.15, 0.2) is 61.1 Å². The van der Waals surface area contributed by atoms with Gasteiger partial charge in [0.15, 0.2) is 0 Å². The Balaban J connectivity index is 1.51. The highest BCUT2D eigenvalue weighted by atomic mass is 15.0. The summed E-state index contributed by atoms with van der Waals surface area (Å²) in [5.41, 5.74) is 1.31. The molecule has 0 aliphatic heterocycles. The topological polar surface area (TPSA) is 37.8 Å². The third kappa shape index (κ3) is 3.57. The Morgan fingerprint density at radius 3 is 2.76 bits per heavy atom. The summed E-state index contributed by atoms with van der Waals surface area (Å²) in [5, 5.41) is 5.86. The summed E-state index contributed by atoms with van der Waals surface area (Å²) in [6.45, 7) is 0.946. The summed E-state index contributed by atoms with van der Waals surface area (Å²) in [4.78, 5) is 8.58. The van der Waals surface area contributed by atoms with Crippen LogP contribution in [0.1, 0.15) is 18.4 Å². The molecule has 0 atom stereocenters. The van der Waals surface area contributed by atoms with E-state index < -0.39 is 0 Å². The van der Waals surface area contributed by atoms with Gasteiger partial charge in [-0.1, -0.05) is 30.3 Å². The van der Waals surface area contributed by atoms with E-state index in [4.69, 9.17) is 0 Å². The predicted octanol–water partition coefficient (Wildman–Crippen LogP) is 4.06. The number of benzene rings is 1. The number of aryl methyl sites for hydroxylation is 1. The van der Waals surface area contributed by atoms with Gasteiger partial charge in [-0.2, -0.15) is 0 Å². The Kier molecular flexibility index (Phi) is 4.42. The smallest absolute Gasteiger partial charge is 0.133 e. The van der Waals surface area contributed by atoms with Gasteiger partial charge in [0.1, 0.15) is 5.82 Å². The number of anilines is 1. The van der Waals surface area contributed by atoms with Crippen molar-refractivity contribution in [2.24, 2.45) is 0 Å². The molecule has 2 heterocycles.